The number of aliphatic hydroxyl groups excluding tert-OH is 1. The molecule has 1 aliphatic heterocycles. The molecule has 1 heterocycles. The molecule has 0 radical (unpaired) electrons. The van der Waals surface area contributed by atoms with Gasteiger partial charge < -0.3 is 15.7 Å². The lowest BCUT2D eigenvalue weighted by Crippen LogP contribution is -2.46. The maximum absolute atomic E-state index is 12.8. The van der Waals surface area contributed by atoms with Gasteiger partial charge in [0, 0.05) is 6.42 Å². The largest absolute Gasteiger partial charge is 0.386 e. The topological polar surface area (TPSA) is 78.4 Å². The quantitative estimate of drug-likeness (QED) is 0.757. The minimum absolute atomic E-state index is 0.142. The molecule has 0 aliphatic carbocycles. The van der Waals surface area contributed by atoms with Crippen LogP contribution in [0.5, 0.6) is 0 Å². The lowest BCUT2D eigenvalue weighted by atomic mass is 10.0. The maximum atomic E-state index is 12.8. The first-order chi connectivity index (χ1) is 9.47. The molecule has 1 fully saturated rings. The number of hydrogen-bond acceptors (Lipinski definition) is 3. The van der Waals surface area contributed by atoms with Gasteiger partial charge in [-0.05, 0) is 31.0 Å². The molecule has 5 nitrogen and oxygen atoms in total. The van der Waals surface area contributed by atoms with Crippen molar-refractivity contribution in [1.82, 2.24) is 10.6 Å². The molecule has 6 heteroatoms. The number of halogens is 1. The Labute approximate surface area is 116 Å². The van der Waals surface area contributed by atoms with Crippen LogP contribution in [-0.4, -0.2) is 29.0 Å². The molecule has 108 valence electrons. The molecular weight excluding hydrogens is 263 g/mol. The molecule has 3 N–H and O–H groups in total. The molecule has 0 saturated carbocycles. The zero-order chi connectivity index (χ0) is 14.7. The second-order valence-corrected chi connectivity index (χ2v) is 4.95. The number of aliphatic hydroxyl groups is 1. The summed E-state index contributed by atoms with van der Waals surface area (Å²) in [6.45, 7) is 1.66. The average molecular weight is 280 g/mol. The van der Waals surface area contributed by atoms with Crippen molar-refractivity contribution >= 4 is 11.8 Å². The van der Waals surface area contributed by atoms with Crippen LogP contribution in [0.1, 0.15) is 31.4 Å². The monoisotopic (exact) mass is 280 g/mol. The zero-order valence-electron chi connectivity index (χ0n) is 11.1. The van der Waals surface area contributed by atoms with Gasteiger partial charge in [-0.3, -0.25) is 9.59 Å². The summed E-state index contributed by atoms with van der Waals surface area (Å²) in [6.07, 6.45) is -0.131. The van der Waals surface area contributed by atoms with Gasteiger partial charge in [0.1, 0.15) is 11.9 Å². The van der Waals surface area contributed by atoms with Gasteiger partial charge in [-0.2, -0.15) is 0 Å². The summed E-state index contributed by atoms with van der Waals surface area (Å²) in [6, 6.07) is 4.38. The van der Waals surface area contributed by atoms with Gasteiger partial charge in [-0.25, -0.2) is 4.39 Å². The Bertz CT molecular complexity index is 504. The van der Waals surface area contributed by atoms with E-state index >= 15 is 0 Å². The average Bonchev–Trinajstić information content (AvgIpc) is 2.85. The first-order valence-electron chi connectivity index (χ1n) is 6.50. The second-order valence-electron chi connectivity index (χ2n) is 4.95. The van der Waals surface area contributed by atoms with Gasteiger partial charge in [0.05, 0.1) is 12.1 Å². The molecule has 1 saturated heterocycles. The number of benzene rings is 1. The highest BCUT2D eigenvalue weighted by molar-refractivity contribution is 5.90. The third kappa shape index (κ3) is 3.33. The van der Waals surface area contributed by atoms with E-state index in [1.165, 1.54) is 24.3 Å². The lowest BCUT2D eigenvalue weighted by molar-refractivity contribution is -0.126. The Morgan fingerprint density at radius 1 is 1.45 bits per heavy atom. The normalized spacial score (nSPS) is 21.1. The van der Waals surface area contributed by atoms with Gasteiger partial charge in [0.2, 0.25) is 11.8 Å². The fourth-order valence-electron chi connectivity index (χ4n) is 2.16. The van der Waals surface area contributed by atoms with Crippen molar-refractivity contribution in [2.24, 2.45) is 0 Å². The molecular formula is C14H17FN2O3. The summed E-state index contributed by atoms with van der Waals surface area (Å²) in [5, 5.41) is 15.3. The van der Waals surface area contributed by atoms with Gasteiger partial charge in [0.15, 0.2) is 0 Å². The standard InChI is InChI=1S/C14H17FN2O3/c1-8(13(19)9-2-4-10(15)5-3-9)16-14(20)11-6-7-12(18)17-11/h2-5,8,11,13,19H,6-7H2,1H3,(H,16,20)(H,17,18). The number of amides is 2. The molecule has 3 atom stereocenters. The second kappa shape index (κ2) is 6.00. The number of hydrogen-bond donors (Lipinski definition) is 3. The van der Waals surface area contributed by atoms with Crippen molar-refractivity contribution in [1.29, 1.82) is 0 Å². The van der Waals surface area contributed by atoms with Crippen molar-refractivity contribution in [3.8, 4) is 0 Å². The van der Waals surface area contributed by atoms with Gasteiger partial charge in [-0.15, -0.1) is 0 Å². The predicted octanol–water partition coefficient (Wildman–Crippen LogP) is 0.642. The van der Waals surface area contributed by atoms with E-state index < -0.39 is 18.2 Å². The molecule has 1 aliphatic rings. The highest BCUT2D eigenvalue weighted by Gasteiger charge is 2.29. The Morgan fingerprint density at radius 3 is 2.65 bits per heavy atom. The first-order valence-corrected chi connectivity index (χ1v) is 6.50. The Hall–Kier alpha value is -1.95. The maximum Gasteiger partial charge on any atom is 0.242 e. The van der Waals surface area contributed by atoms with E-state index in [2.05, 4.69) is 10.6 Å². The first kappa shape index (κ1) is 14.5. The highest BCUT2D eigenvalue weighted by atomic mass is 19.1. The van der Waals surface area contributed by atoms with Crippen LogP contribution in [0.3, 0.4) is 0 Å². The molecule has 0 aromatic heterocycles. The number of carbonyl (C=O) groups is 2. The van der Waals surface area contributed by atoms with Crippen LogP contribution in [0.15, 0.2) is 24.3 Å². The lowest BCUT2D eigenvalue weighted by Gasteiger charge is -2.22. The number of nitrogens with one attached hydrogen (secondary N) is 2. The minimum Gasteiger partial charge on any atom is -0.386 e. The summed E-state index contributed by atoms with van der Waals surface area (Å²) >= 11 is 0. The van der Waals surface area contributed by atoms with Gasteiger partial charge in [-0.1, -0.05) is 12.1 Å². The van der Waals surface area contributed by atoms with Crippen molar-refractivity contribution < 1.29 is 19.1 Å². The van der Waals surface area contributed by atoms with Crippen molar-refractivity contribution in [2.75, 3.05) is 0 Å². The summed E-state index contributed by atoms with van der Waals surface area (Å²) in [7, 11) is 0. The summed E-state index contributed by atoms with van der Waals surface area (Å²) in [4.78, 5) is 22.9. The molecule has 0 spiro atoms. The van der Waals surface area contributed by atoms with Crippen LogP contribution in [0.2, 0.25) is 0 Å². The van der Waals surface area contributed by atoms with E-state index in [1.54, 1.807) is 6.92 Å². The van der Waals surface area contributed by atoms with Crippen molar-refractivity contribution in [3.05, 3.63) is 35.6 Å². The fraction of sp³-hybridized carbons (Fsp3) is 0.429. The third-order valence-corrected chi connectivity index (χ3v) is 3.37. The van der Waals surface area contributed by atoms with Crippen LogP contribution in [-0.2, 0) is 9.59 Å². The zero-order valence-corrected chi connectivity index (χ0v) is 11.1. The molecule has 1 aromatic rings. The summed E-state index contributed by atoms with van der Waals surface area (Å²) in [5.74, 6) is -0.840. The Kier molecular flexibility index (Phi) is 4.34. The Balaban J connectivity index is 1.93. The van der Waals surface area contributed by atoms with E-state index in [0.717, 1.165) is 0 Å². The molecule has 20 heavy (non-hydrogen) atoms. The summed E-state index contributed by atoms with van der Waals surface area (Å²) < 4.78 is 12.8. The fourth-order valence-corrected chi connectivity index (χ4v) is 2.16. The van der Waals surface area contributed by atoms with E-state index in [1.807, 2.05) is 0 Å². The van der Waals surface area contributed by atoms with E-state index in [0.29, 0.717) is 18.4 Å². The summed E-state index contributed by atoms with van der Waals surface area (Å²) in [5.41, 5.74) is 0.523. The van der Waals surface area contributed by atoms with Crippen LogP contribution >= 0.6 is 0 Å². The molecule has 1 aromatic carbocycles. The third-order valence-electron chi connectivity index (χ3n) is 3.37. The van der Waals surface area contributed by atoms with Crippen LogP contribution in [0, 0.1) is 5.82 Å². The van der Waals surface area contributed by atoms with Gasteiger partial charge in [0.25, 0.3) is 0 Å². The predicted molar refractivity (Wildman–Crippen MR) is 70.1 cm³/mol. The number of rotatable bonds is 4. The molecule has 3 unspecified atom stereocenters. The minimum atomic E-state index is -0.934. The van der Waals surface area contributed by atoms with Crippen molar-refractivity contribution in [3.63, 3.8) is 0 Å². The SMILES string of the molecule is CC(NC(=O)C1CCC(=O)N1)C(O)c1ccc(F)cc1. The van der Waals surface area contributed by atoms with E-state index in [-0.39, 0.29) is 17.6 Å². The van der Waals surface area contributed by atoms with E-state index in [9.17, 15) is 19.1 Å². The van der Waals surface area contributed by atoms with Crippen LogP contribution in [0.25, 0.3) is 0 Å². The van der Waals surface area contributed by atoms with E-state index in [4.69, 9.17) is 0 Å². The van der Waals surface area contributed by atoms with Crippen molar-refractivity contribution in [2.45, 2.75) is 38.0 Å². The number of carbonyl (C=O) groups excluding carboxylic acids is 2. The highest BCUT2D eigenvalue weighted by Crippen LogP contribution is 2.17. The van der Waals surface area contributed by atoms with Crippen LogP contribution < -0.4 is 10.6 Å². The Morgan fingerprint density at radius 2 is 2.10 bits per heavy atom. The molecule has 2 rings (SSSR count). The van der Waals surface area contributed by atoms with Crippen LogP contribution in [0.4, 0.5) is 4.39 Å². The molecule has 2 amide bonds. The van der Waals surface area contributed by atoms with Gasteiger partial charge >= 0.3 is 0 Å². The smallest absolute Gasteiger partial charge is 0.242 e. The molecule has 0 bridgehead atoms.